The number of hydrogen-bond acceptors (Lipinski definition) is 3. The van der Waals surface area contributed by atoms with Gasteiger partial charge in [0.1, 0.15) is 0 Å². The predicted molar refractivity (Wildman–Crippen MR) is 46.1 cm³/mol. The van der Waals surface area contributed by atoms with Crippen LogP contribution in [-0.4, -0.2) is 37.4 Å². The number of carbonyl (C=O) groups is 1. The molecule has 0 radical (unpaired) electrons. The first-order valence-corrected chi connectivity index (χ1v) is 3.88. The van der Waals surface area contributed by atoms with Gasteiger partial charge in [-0.1, -0.05) is 6.58 Å². The molecule has 0 fully saturated rings. The third-order valence-corrected chi connectivity index (χ3v) is 1.27. The highest BCUT2D eigenvalue weighted by atomic mass is 16.5. The molecule has 0 heterocycles. The standard InChI is InChI=1S/C8H15NO3/c1-3-12-5-4-9-6-7(2)8(10)11/h9H,2-6H2,1H3,(H,10,11). The van der Waals surface area contributed by atoms with Crippen LogP contribution in [0.2, 0.25) is 0 Å². The molecule has 0 aliphatic heterocycles. The molecular weight excluding hydrogens is 158 g/mol. The first kappa shape index (κ1) is 11.1. The summed E-state index contributed by atoms with van der Waals surface area (Å²) in [6.45, 7) is 7.53. The normalized spacial score (nSPS) is 9.75. The van der Waals surface area contributed by atoms with Gasteiger partial charge in [0, 0.05) is 25.3 Å². The van der Waals surface area contributed by atoms with E-state index in [1.54, 1.807) is 0 Å². The molecule has 0 aliphatic carbocycles. The minimum absolute atomic E-state index is 0.173. The summed E-state index contributed by atoms with van der Waals surface area (Å²) in [4.78, 5) is 10.2. The van der Waals surface area contributed by atoms with Gasteiger partial charge in [-0.2, -0.15) is 0 Å². The molecule has 0 aromatic heterocycles. The molecule has 70 valence electrons. The summed E-state index contributed by atoms with van der Waals surface area (Å²) in [5.74, 6) is -0.959. The summed E-state index contributed by atoms with van der Waals surface area (Å²) >= 11 is 0. The Labute approximate surface area is 72.2 Å². The van der Waals surface area contributed by atoms with Crippen LogP contribution in [0, 0.1) is 0 Å². The van der Waals surface area contributed by atoms with Gasteiger partial charge in [-0.05, 0) is 6.92 Å². The summed E-state index contributed by atoms with van der Waals surface area (Å²) in [5.41, 5.74) is 0.173. The van der Waals surface area contributed by atoms with Crippen molar-refractivity contribution >= 4 is 5.97 Å². The van der Waals surface area contributed by atoms with Crippen molar-refractivity contribution in [1.29, 1.82) is 0 Å². The Kier molecular flexibility index (Phi) is 6.32. The largest absolute Gasteiger partial charge is 0.478 e. The third kappa shape index (κ3) is 5.88. The van der Waals surface area contributed by atoms with E-state index in [4.69, 9.17) is 9.84 Å². The zero-order valence-electron chi connectivity index (χ0n) is 7.30. The SMILES string of the molecule is C=C(CNCCOCC)C(=O)O. The Morgan fingerprint density at radius 2 is 2.33 bits per heavy atom. The van der Waals surface area contributed by atoms with Gasteiger partial charge in [0.05, 0.1) is 6.61 Å². The monoisotopic (exact) mass is 173 g/mol. The molecule has 4 nitrogen and oxygen atoms in total. The second kappa shape index (κ2) is 6.82. The van der Waals surface area contributed by atoms with Gasteiger partial charge in [0.25, 0.3) is 0 Å². The summed E-state index contributed by atoms with van der Waals surface area (Å²) in [6.07, 6.45) is 0. The molecule has 0 bridgehead atoms. The second-order valence-electron chi connectivity index (χ2n) is 2.28. The van der Waals surface area contributed by atoms with Gasteiger partial charge in [-0.3, -0.25) is 0 Å². The Balaban J connectivity index is 3.20. The zero-order valence-corrected chi connectivity index (χ0v) is 7.30. The Bertz CT molecular complexity index is 156. The summed E-state index contributed by atoms with van der Waals surface area (Å²) in [7, 11) is 0. The van der Waals surface area contributed by atoms with Gasteiger partial charge in [0.2, 0.25) is 0 Å². The Morgan fingerprint density at radius 1 is 1.67 bits per heavy atom. The molecule has 0 amide bonds. The van der Waals surface area contributed by atoms with Crippen LogP contribution in [0.1, 0.15) is 6.92 Å². The highest BCUT2D eigenvalue weighted by molar-refractivity contribution is 5.86. The molecule has 0 unspecified atom stereocenters. The molecule has 0 spiro atoms. The van der Waals surface area contributed by atoms with Crippen molar-refractivity contribution in [2.45, 2.75) is 6.92 Å². The third-order valence-electron chi connectivity index (χ3n) is 1.27. The number of hydrogen-bond donors (Lipinski definition) is 2. The first-order chi connectivity index (χ1) is 5.68. The Morgan fingerprint density at radius 3 is 2.83 bits per heavy atom. The number of nitrogens with one attached hydrogen (secondary N) is 1. The van der Waals surface area contributed by atoms with Gasteiger partial charge in [-0.15, -0.1) is 0 Å². The predicted octanol–water partition coefficient (Wildman–Crippen LogP) is 0.253. The van der Waals surface area contributed by atoms with E-state index in [1.807, 2.05) is 6.92 Å². The van der Waals surface area contributed by atoms with Crippen molar-refractivity contribution in [1.82, 2.24) is 5.32 Å². The Hall–Kier alpha value is -0.870. The maximum atomic E-state index is 10.2. The lowest BCUT2D eigenvalue weighted by atomic mass is 10.3. The number of aliphatic carboxylic acids is 1. The van der Waals surface area contributed by atoms with Gasteiger partial charge < -0.3 is 15.2 Å². The maximum Gasteiger partial charge on any atom is 0.332 e. The second-order valence-corrected chi connectivity index (χ2v) is 2.28. The smallest absolute Gasteiger partial charge is 0.332 e. The summed E-state index contributed by atoms with van der Waals surface area (Å²) in [5, 5.41) is 11.3. The van der Waals surface area contributed by atoms with E-state index in [-0.39, 0.29) is 5.57 Å². The minimum atomic E-state index is -0.959. The average molecular weight is 173 g/mol. The molecule has 0 saturated carbocycles. The van der Waals surface area contributed by atoms with Crippen LogP contribution in [0.5, 0.6) is 0 Å². The summed E-state index contributed by atoms with van der Waals surface area (Å²) < 4.78 is 5.04. The van der Waals surface area contributed by atoms with Crippen molar-refractivity contribution in [3.63, 3.8) is 0 Å². The quantitative estimate of drug-likeness (QED) is 0.428. The lowest BCUT2D eigenvalue weighted by molar-refractivity contribution is -0.132. The van der Waals surface area contributed by atoms with E-state index in [0.29, 0.717) is 26.3 Å². The lowest BCUT2D eigenvalue weighted by Gasteiger charge is -2.03. The fourth-order valence-corrected chi connectivity index (χ4v) is 0.604. The maximum absolute atomic E-state index is 10.2. The molecule has 2 N–H and O–H groups in total. The molecule has 4 heteroatoms. The number of carboxylic acid groups (broad SMARTS) is 1. The number of carboxylic acids is 1. The highest BCUT2D eigenvalue weighted by Crippen LogP contribution is 1.85. The van der Waals surface area contributed by atoms with Crippen molar-refractivity contribution in [3.8, 4) is 0 Å². The minimum Gasteiger partial charge on any atom is -0.478 e. The molecule has 12 heavy (non-hydrogen) atoms. The molecule has 0 aliphatic rings. The first-order valence-electron chi connectivity index (χ1n) is 3.88. The number of rotatable bonds is 7. The molecule has 0 rings (SSSR count). The molecule has 0 atom stereocenters. The fourth-order valence-electron chi connectivity index (χ4n) is 0.604. The van der Waals surface area contributed by atoms with Crippen molar-refractivity contribution in [3.05, 3.63) is 12.2 Å². The van der Waals surface area contributed by atoms with E-state index in [2.05, 4.69) is 11.9 Å². The van der Waals surface area contributed by atoms with E-state index >= 15 is 0 Å². The zero-order chi connectivity index (χ0) is 9.40. The van der Waals surface area contributed by atoms with E-state index in [9.17, 15) is 4.79 Å². The van der Waals surface area contributed by atoms with Crippen LogP contribution in [0.4, 0.5) is 0 Å². The van der Waals surface area contributed by atoms with E-state index in [0.717, 1.165) is 0 Å². The average Bonchev–Trinajstić information content (AvgIpc) is 2.03. The van der Waals surface area contributed by atoms with Crippen LogP contribution in [-0.2, 0) is 9.53 Å². The van der Waals surface area contributed by atoms with Gasteiger partial charge in [0.15, 0.2) is 0 Å². The van der Waals surface area contributed by atoms with Gasteiger partial charge >= 0.3 is 5.97 Å². The van der Waals surface area contributed by atoms with Crippen LogP contribution < -0.4 is 5.32 Å². The van der Waals surface area contributed by atoms with Crippen LogP contribution in [0.25, 0.3) is 0 Å². The fraction of sp³-hybridized carbons (Fsp3) is 0.625. The van der Waals surface area contributed by atoms with Crippen LogP contribution in [0.15, 0.2) is 12.2 Å². The summed E-state index contributed by atoms with van der Waals surface area (Å²) in [6, 6.07) is 0. The lowest BCUT2D eigenvalue weighted by Crippen LogP contribution is -2.24. The van der Waals surface area contributed by atoms with Crippen molar-refractivity contribution in [2.24, 2.45) is 0 Å². The molecular formula is C8H15NO3. The number of ether oxygens (including phenoxy) is 1. The van der Waals surface area contributed by atoms with Gasteiger partial charge in [-0.25, -0.2) is 4.79 Å². The molecule has 0 aromatic carbocycles. The topological polar surface area (TPSA) is 58.6 Å². The molecule has 0 saturated heterocycles. The van der Waals surface area contributed by atoms with E-state index < -0.39 is 5.97 Å². The van der Waals surface area contributed by atoms with Crippen LogP contribution in [0.3, 0.4) is 0 Å². The molecule has 0 aromatic rings. The highest BCUT2D eigenvalue weighted by Gasteiger charge is 2.01. The van der Waals surface area contributed by atoms with E-state index in [1.165, 1.54) is 0 Å². The van der Waals surface area contributed by atoms with Crippen molar-refractivity contribution in [2.75, 3.05) is 26.3 Å². The van der Waals surface area contributed by atoms with Crippen molar-refractivity contribution < 1.29 is 14.6 Å². The van der Waals surface area contributed by atoms with Crippen LogP contribution >= 0.6 is 0 Å².